The molecule has 0 aromatic heterocycles. The molecule has 0 saturated heterocycles. The summed E-state index contributed by atoms with van der Waals surface area (Å²) in [6.45, 7) is 5.29. The quantitative estimate of drug-likeness (QED) is 0.0293. The van der Waals surface area contributed by atoms with Gasteiger partial charge in [0.1, 0.15) is 6.61 Å². The van der Waals surface area contributed by atoms with Gasteiger partial charge in [-0.3, -0.25) is 18.6 Å². The lowest BCUT2D eigenvalue weighted by Gasteiger charge is -2.19. The second kappa shape index (κ2) is 37.5. The fourth-order valence-corrected chi connectivity index (χ4v) is 5.90. The summed E-state index contributed by atoms with van der Waals surface area (Å²) in [5.74, 6) is -0.838. The first-order valence-corrected chi connectivity index (χ1v) is 21.6. The van der Waals surface area contributed by atoms with Crippen LogP contribution in [-0.2, 0) is 32.7 Å². The lowest BCUT2D eigenvalue weighted by molar-refractivity contribution is -0.161. The van der Waals surface area contributed by atoms with E-state index in [2.05, 4.69) is 74.6 Å². The lowest BCUT2D eigenvalue weighted by atomic mass is 10.1. The number of hydrogen-bond donors (Lipinski definition) is 1. The predicted molar refractivity (Wildman–Crippen MR) is 211 cm³/mol. The number of unbranched alkanes of at least 4 members (excludes halogenated alkanes) is 14. The van der Waals surface area contributed by atoms with Crippen molar-refractivity contribution in [2.75, 3.05) is 19.8 Å². The summed E-state index contributed by atoms with van der Waals surface area (Å²) >= 11 is 0. The Kier molecular flexibility index (Phi) is 35.9. The van der Waals surface area contributed by atoms with E-state index in [1.165, 1.54) is 32.1 Å². The maximum Gasteiger partial charge on any atom is 0.472 e. The molecular formula is C42H73O8P. The molecule has 0 amide bonds. The number of ether oxygens (including phenoxy) is 2. The zero-order valence-electron chi connectivity index (χ0n) is 32.5. The van der Waals surface area contributed by atoms with Crippen molar-refractivity contribution in [1.29, 1.82) is 0 Å². The zero-order chi connectivity index (χ0) is 37.5. The van der Waals surface area contributed by atoms with Crippen molar-refractivity contribution in [2.24, 2.45) is 0 Å². The Morgan fingerprint density at radius 1 is 0.549 bits per heavy atom. The molecule has 0 aromatic rings. The molecule has 294 valence electrons. The number of hydrogen-bond acceptors (Lipinski definition) is 7. The second-order valence-corrected chi connectivity index (χ2v) is 14.4. The van der Waals surface area contributed by atoms with Gasteiger partial charge in [-0.2, -0.15) is 0 Å². The van der Waals surface area contributed by atoms with Crippen molar-refractivity contribution in [3.8, 4) is 0 Å². The number of rotatable bonds is 36. The van der Waals surface area contributed by atoms with Crippen molar-refractivity contribution in [3.05, 3.63) is 60.8 Å². The Labute approximate surface area is 311 Å². The van der Waals surface area contributed by atoms with E-state index in [0.717, 1.165) is 96.3 Å². The molecule has 0 fully saturated rings. The largest absolute Gasteiger partial charge is 0.472 e. The van der Waals surface area contributed by atoms with Crippen LogP contribution in [0.2, 0.25) is 0 Å². The van der Waals surface area contributed by atoms with E-state index in [-0.39, 0.29) is 32.0 Å². The van der Waals surface area contributed by atoms with Gasteiger partial charge >= 0.3 is 19.8 Å². The van der Waals surface area contributed by atoms with E-state index >= 15 is 0 Å². The minimum atomic E-state index is -4.29. The summed E-state index contributed by atoms with van der Waals surface area (Å²) in [7, 11) is -4.29. The lowest BCUT2D eigenvalue weighted by Crippen LogP contribution is -2.29. The van der Waals surface area contributed by atoms with Crippen molar-refractivity contribution < 1.29 is 37.6 Å². The molecular weight excluding hydrogens is 663 g/mol. The molecule has 0 aliphatic heterocycles. The van der Waals surface area contributed by atoms with Crippen LogP contribution in [0.25, 0.3) is 0 Å². The predicted octanol–water partition coefficient (Wildman–Crippen LogP) is 12.4. The summed E-state index contributed by atoms with van der Waals surface area (Å²) in [6.07, 6.45) is 44.1. The van der Waals surface area contributed by atoms with Gasteiger partial charge in [0.25, 0.3) is 0 Å². The number of carbonyl (C=O) groups is 2. The first-order chi connectivity index (χ1) is 24.8. The number of allylic oxidation sites excluding steroid dienone is 10. The second-order valence-electron chi connectivity index (χ2n) is 12.9. The molecule has 0 aliphatic rings. The van der Waals surface area contributed by atoms with Crippen molar-refractivity contribution in [2.45, 2.75) is 175 Å². The third kappa shape index (κ3) is 37.3. The summed E-state index contributed by atoms with van der Waals surface area (Å²) < 4.78 is 32.5. The van der Waals surface area contributed by atoms with Crippen molar-refractivity contribution in [3.63, 3.8) is 0 Å². The van der Waals surface area contributed by atoms with Gasteiger partial charge in [0, 0.05) is 12.8 Å². The molecule has 0 bridgehead atoms. The molecule has 9 heteroatoms. The zero-order valence-corrected chi connectivity index (χ0v) is 33.4. The smallest absolute Gasteiger partial charge is 0.462 e. The van der Waals surface area contributed by atoms with Crippen molar-refractivity contribution in [1.82, 2.24) is 0 Å². The van der Waals surface area contributed by atoms with Gasteiger partial charge in [-0.25, -0.2) is 4.57 Å². The van der Waals surface area contributed by atoms with Crippen LogP contribution in [0, 0.1) is 0 Å². The average Bonchev–Trinajstić information content (AvgIpc) is 3.10. The molecule has 1 N–H and O–H groups in total. The molecule has 0 heterocycles. The van der Waals surface area contributed by atoms with Gasteiger partial charge in [0.2, 0.25) is 0 Å². The van der Waals surface area contributed by atoms with Crippen LogP contribution >= 0.6 is 7.82 Å². The molecule has 8 nitrogen and oxygen atoms in total. The third-order valence-corrected chi connectivity index (χ3v) is 9.12. The Hall–Kier alpha value is -2.25. The summed E-state index contributed by atoms with van der Waals surface area (Å²) in [5.41, 5.74) is 0. The molecule has 0 aliphatic carbocycles. The minimum Gasteiger partial charge on any atom is -0.462 e. The first-order valence-electron chi connectivity index (χ1n) is 20.1. The van der Waals surface area contributed by atoms with E-state index in [1.807, 2.05) is 0 Å². The number of phosphoric ester groups is 1. The monoisotopic (exact) mass is 737 g/mol. The Bertz CT molecular complexity index is 1020. The summed E-state index contributed by atoms with van der Waals surface area (Å²) in [5, 5.41) is 0. The van der Waals surface area contributed by atoms with Gasteiger partial charge in [0.15, 0.2) is 6.10 Å². The standard InChI is InChI=1S/C42H73O8P/c1-4-7-9-11-13-15-17-19-21-23-24-26-28-30-32-34-36-41(43)47-38-40(39-49-51(45,46)48-6-3)50-42(44)37-35-33-31-29-27-25-22-20-18-16-14-12-10-8-5-2/h8,10,14-17,20-23,40H,4-7,9,11-13,18-19,24-39H2,1-3H3,(H,45,46)/b10-8-,16-14-,17-15-,22-20-,23-21-. The maximum atomic E-state index is 12.5. The van der Waals surface area contributed by atoms with E-state index < -0.39 is 26.5 Å². The summed E-state index contributed by atoms with van der Waals surface area (Å²) in [4.78, 5) is 34.7. The van der Waals surface area contributed by atoms with Crippen LogP contribution in [0.3, 0.4) is 0 Å². The van der Waals surface area contributed by atoms with Gasteiger partial charge < -0.3 is 14.4 Å². The minimum absolute atomic E-state index is 0.00828. The molecule has 0 rings (SSSR count). The highest BCUT2D eigenvalue weighted by atomic mass is 31.2. The molecule has 2 atom stereocenters. The van der Waals surface area contributed by atoms with Gasteiger partial charge in [-0.05, 0) is 84.0 Å². The van der Waals surface area contributed by atoms with Crippen LogP contribution in [0.4, 0.5) is 0 Å². The van der Waals surface area contributed by atoms with Crippen LogP contribution < -0.4 is 0 Å². The first kappa shape index (κ1) is 48.8. The van der Waals surface area contributed by atoms with Gasteiger partial charge in [0.05, 0.1) is 13.2 Å². The highest BCUT2D eigenvalue weighted by Crippen LogP contribution is 2.43. The van der Waals surface area contributed by atoms with E-state index in [9.17, 15) is 19.0 Å². The molecule has 0 aromatic carbocycles. The molecule has 2 unspecified atom stereocenters. The number of phosphoric acid groups is 1. The molecule has 0 saturated carbocycles. The third-order valence-electron chi connectivity index (χ3n) is 8.06. The Morgan fingerprint density at radius 3 is 1.51 bits per heavy atom. The molecule has 0 spiro atoms. The maximum absolute atomic E-state index is 12.5. The fraction of sp³-hybridized carbons (Fsp3) is 0.714. The van der Waals surface area contributed by atoms with Crippen LogP contribution in [0.1, 0.15) is 168 Å². The van der Waals surface area contributed by atoms with Crippen molar-refractivity contribution >= 4 is 19.8 Å². The topological polar surface area (TPSA) is 108 Å². The van der Waals surface area contributed by atoms with Crippen LogP contribution in [0.15, 0.2) is 60.8 Å². The van der Waals surface area contributed by atoms with Gasteiger partial charge in [-0.1, -0.05) is 132 Å². The molecule has 51 heavy (non-hydrogen) atoms. The number of esters is 2. The average molecular weight is 737 g/mol. The molecule has 0 radical (unpaired) electrons. The normalized spacial score (nSPS) is 14.0. The van der Waals surface area contributed by atoms with E-state index in [0.29, 0.717) is 6.42 Å². The van der Waals surface area contributed by atoms with E-state index in [1.54, 1.807) is 6.92 Å². The Balaban J connectivity index is 4.19. The Morgan fingerprint density at radius 2 is 1.00 bits per heavy atom. The SMILES string of the molecule is CC/C=C\C/C=C\C/C=C\CCCCCCCC(=O)OC(COC(=O)CCCCCCC/C=C\C/C=C\CCCCCC)COP(=O)(O)OCC. The summed E-state index contributed by atoms with van der Waals surface area (Å²) in [6, 6.07) is 0. The fourth-order valence-electron chi connectivity index (χ4n) is 5.14. The highest BCUT2D eigenvalue weighted by Gasteiger charge is 2.25. The highest BCUT2D eigenvalue weighted by molar-refractivity contribution is 7.47. The van der Waals surface area contributed by atoms with Gasteiger partial charge in [-0.15, -0.1) is 0 Å². The van der Waals surface area contributed by atoms with Crippen LogP contribution in [-0.4, -0.2) is 42.8 Å². The number of carbonyl (C=O) groups excluding carboxylic acids is 2. The van der Waals surface area contributed by atoms with Crippen LogP contribution in [0.5, 0.6) is 0 Å². The van der Waals surface area contributed by atoms with E-state index in [4.69, 9.17) is 18.5 Å².